The molecule has 0 amide bonds. The van der Waals surface area contributed by atoms with Crippen molar-refractivity contribution in [3.63, 3.8) is 0 Å². The molecule has 1 aromatic heterocycles. The van der Waals surface area contributed by atoms with Crippen molar-refractivity contribution in [2.75, 3.05) is 6.54 Å². The fourth-order valence-corrected chi connectivity index (χ4v) is 4.26. The zero-order valence-electron chi connectivity index (χ0n) is 14.0. The van der Waals surface area contributed by atoms with Crippen LogP contribution < -0.4 is 0 Å². The zero-order chi connectivity index (χ0) is 17.3. The Kier molecular flexibility index (Phi) is 5.15. The molecule has 0 aliphatic carbocycles. The quantitative estimate of drug-likeness (QED) is 0.776. The van der Waals surface area contributed by atoms with Crippen molar-refractivity contribution in [1.29, 1.82) is 0 Å². The fraction of sp³-hybridized carbons (Fsp3) is 0.733. The van der Waals surface area contributed by atoms with Gasteiger partial charge in [-0.05, 0) is 47.0 Å². The Hall–Kier alpha value is -1.41. The van der Waals surface area contributed by atoms with Crippen molar-refractivity contribution in [3.05, 3.63) is 17.5 Å². The van der Waals surface area contributed by atoms with Gasteiger partial charge in [0, 0.05) is 12.6 Å². The van der Waals surface area contributed by atoms with Crippen LogP contribution in [0.25, 0.3) is 0 Å². The van der Waals surface area contributed by atoms with Gasteiger partial charge < -0.3 is 9.26 Å². The lowest BCUT2D eigenvalue weighted by atomic mass is 10.0. The number of carbonyl (C=O) groups is 1. The molecule has 0 N–H and O–H groups in total. The highest BCUT2D eigenvalue weighted by Gasteiger charge is 2.39. The first-order chi connectivity index (χ1) is 10.6. The van der Waals surface area contributed by atoms with Gasteiger partial charge in [0.2, 0.25) is 10.0 Å². The second kappa shape index (κ2) is 6.60. The molecule has 0 saturated carbocycles. The molecule has 8 heteroatoms. The second-order valence-electron chi connectivity index (χ2n) is 6.84. The van der Waals surface area contributed by atoms with E-state index >= 15 is 0 Å². The van der Waals surface area contributed by atoms with Crippen molar-refractivity contribution < 1.29 is 22.5 Å². The highest BCUT2D eigenvalue weighted by Crippen LogP contribution is 2.25. The lowest BCUT2D eigenvalue weighted by Gasteiger charge is -2.34. The Balaban J connectivity index is 2.18. The summed E-state index contributed by atoms with van der Waals surface area (Å²) < 4.78 is 36.9. The van der Waals surface area contributed by atoms with Crippen LogP contribution in [0.5, 0.6) is 0 Å². The van der Waals surface area contributed by atoms with Crippen molar-refractivity contribution in [2.45, 2.75) is 64.4 Å². The van der Waals surface area contributed by atoms with E-state index in [0.717, 1.165) is 12.8 Å². The van der Waals surface area contributed by atoms with E-state index in [4.69, 9.17) is 9.26 Å². The zero-order valence-corrected chi connectivity index (χ0v) is 14.9. The van der Waals surface area contributed by atoms with Gasteiger partial charge in [0.1, 0.15) is 28.8 Å². The molecule has 0 bridgehead atoms. The predicted molar refractivity (Wildman–Crippen MR) is 84.1 cm³/mol. The molecule has 130 valence electrons. The number of hydrogen-bond donors (Lipinski definition) is 0. The van der Waals surface area contributed by atoms with E-state index < -0.39 is 27.6 Å². The summed E-state index contributed by atoms with van der Waals surface area (Å²) in [4.78, 5) is 12.4. The number of rotatable bonds is 4. The second-order valence-corrected chi connectivity index (χ2v) is 8.76. The van der Waals surface area contributed by atoms with Crippen molar-refractivity contribution >= 4 is 16.0 Å². The maximum atomic E-state index is 12.7. The number of sulfonamides is 1. The molecule has 0 aromatic carbocycles. The molecule has 1 atom stereocenters. The Morgan fingerprint density at radius 2 is 2.13 bits per heavy atom. The Morgan fingerprint density at radius 1 is 1.43 bits per heavy atom. The SMILES string of the molecule is Cc1cc(CS(=O)(=O)N2CCCCC2C(=O)OC(C)(C)C)no1. The predicted octanol–water partition coefficient (Wildman–Crippen LogP) is 2.01. The first-order valence-corrected chi connectivity index (χ1v) is 9.34. The topological polar surface area (TPSA) is 89.7 Å². The highest BCUT2D eigenvalue weighted by molar-refractivity contribution is 7.88. The average molecular weight is 344 g/mol. The van der Waals surface area contributed by atoms with Gasteiger partial charge in [-0.25, -0.2) is 8.42 Å². The van der Waals surface area contributed by atoms with Crippen LogP contribution in [-0.2, 0) is 25.3 Å². The maximum absolute atomic E-state index is 12.7. The monoisotopic (exact) mass is 344 g/mol. The lowest BCUT2D eigenvalue weighted by molar-refractivity contribution is -0.160. The molecule has 1 aliphatic rings. The van der Waals surface area contributed by atoms with E-state index in [1.54, 1.807) is 33.8 Å². The third-order valence-electron chi connectivity index (χ3n) is 3.50. The Labute approximate surface area is 137 Å². The van der Waals surface area contributed by atoms with Gasteiger partial charge in [-0.3, -0.25) is 4.79 Å². The molecule has 7 nitrogen and oxygen atoms in total. The van der Waals surface area contributed by atoms with E-state index in [0.29, 0.717) is 24.4 Å². The van der Waals surface area contributed by atoms with E-state index in [9.17, 15) is 13.2 Å². The molecule has 1 aromatic rings. The third kappa shape index (κ3) is 4.78. The molecule has 1 aliphatic heterocycles. The minimum atomic E-state index is -3.66. The molecular weight excluding hydrogens is 320 g/mol. The van der Waals surface area contributed by atoms with Gasteiger partial charge in [-0.1, -0.05) is 5.16 Å². The minimum absolute atomic E-state index is 0.274. The summed E-state index contributed by atoms with van der Waals surface area (Å²) in [5, 5.41) is 3.73. The van der Waals surface area contributed by atoms with Crippen LogP contribution in [0.15, 0.2) is 10.6 Å². The Bertz CT molecular complexity index is 660. The first kappa shape index (κ1) is 17.9. The molecule has 2 heterocycles. The van der Waals surface area contributed by atoms with Crippen LogP contribution in [0, 0.1) is 6.92 Å². The number of carbonyl (C=O) groups excluding carboxylic acids is 1. The smallest absolute Gasteiger partial charge is 0.324 e. The maximum Gasteiger partial charge on any atom is 0.324 e. The molecule has 2 rings (SSSR count). The Morgan fingerprint density at radius 3 is 2.70 bits per heavy atom. The molecule has 1 saturated heterocycles. The normalized spacial score (nSPS) is 20.4. The van der Waals surface area contributed by atoms with E-state index in [1.165, 1.54) is 4.31 Å². The number of esters is 1. The van der Waals surface area contributed by atoms with Gasteiger partial charge >= 0.3 is 5.97 Å². The summed E-state index contributed by atoms with van der Waals surface area (Å²) in [5.74, 6) is -0.210. The van der Waals surface area contributed by atoms with Crippen LogP contribution in [0.4, 0.5) is 0 Å². The van der Waals surface area contributed by atoms with Crippen molar-refractivity contribution in [3.8, 4) is 0 Å². The van der Waals surface area contributed by atoms with Gasteiger partial charge in [-0.15, -0.1) is 0 Å². The van der Waals surface area contributed by atoms with Gasteiger partial charge in [0.25, 0.3) is 0 Å². The summed E-state index contributed by atoms with van der Waals surface area (Å²) in [6, 6.07) is 0.824. The van der Waals surface area contributed by atoms with Crippen LogP contribution in [0.2, 0.25) is 0 Å². The van der Waals surface area contributed by atoms with Crippen LogP contribution in [-0.4, -0.2) is 42.0 Å². The summed E-state index contributed by atoms with van der Waals surface area (Å²) >= 11 is 0. The summed E-state index contributed by atoms with van der Waals surface area (Å²) in [6.45, 7) is 7.33. The molecule has 0 radical (unpaired) electrons. The van der Waals surface area contributed by atoms with Crippen LogP contribution in [0.3, 0.4) is 0 Å². The molecule has 1 fully saturated rings. The number of aromatic nitrogens is 1. The number of hydrogen-bond acceptors (Lipinski definition) is 6. The molecule has 1 unspecified atom stereocenters. The van der Waals surface area contributed by atoms with Crippen LogP contribution >= 0.6 is 0 Å². The lowest BCUT2D eigenvalue weighted by Crippen LogP contribution is -2.50. The fourth-order valence-electron chi connectivity index (χ4n) is 2.60. The largest absolute Gasteiger partial charge is 0.459 e. The van der Waals surface area contributed by atoms with Crippen molar-refractivity contribution in [1.82, 2.24) is 9.46 Å². The minimum Gasteiger partial charge on any atom is -0.459 e. The van der Waals surface area contributed by atoms with Crippen molar-refractivity contribution in [2.24, 2.45) is 0 Å². The molecule has 0 spiro atoms. The van der Waals surface area contributed by atoms with E-state index in [1.807, 2.05) is 0 Å². The summed E-state index contributed by atoms with van der Waals surface area (Å²) in [6.07, 6.45) is 2.02. The number of ether oxygens (including phenoxy) is 1. The highest BCUT2D eigenvalue weighted by atomic mass is 32.2. The number of aryl methyl sites for hydroxylation is 1. The summed E-state index contributed by atoms with van der Waals surface area (Å²) in [7, 11) is -3.66. The standard InChI is InChI=1S/C15H24N2O5S/c1-11-9-12(16-22-11)10-23(19,20)17-8-6-5-7-13(17)14(18)21-15(2,3)4/h9,13H,5-8,10H2,1-4H3. The van der Waals surface area contributed by atoms with Gasteiger partial charge in [0.15, 0.2) is 0 Å². The number of piperidine rings is 1. The average Bonchev–Trinajstić information content (AvgIpc) is 2.81. The number of nitrogens with zero attached hydrogens (tertiary/aromatic N) is 2. The summed E-state index contributed by atoms with van der Waals surface area (Å²) in [5.41, 5.74) is -0.302. The molecular formula is C15H24N2O5S. The van der Waals surface area contributed by atoms with Crippen LogP contribution in [0.1, 0.15) is 51.5 Å². The third-order valence-corrected chi connectivity index (χ3v) is 5.31. The first-order valence-electron chi connectivity index (χ1n) is 7.73. The molecule has 23 heavy (non-hydrogen) atoms. The van der Waals surface area contributed by atoms with Gasteiger partial charge in [0.05, 0.1) is 0 Å². The van der Waals surface area contributed by atoms with E-state index in [2.05, 4.69) is 5.16 Å². The van der Waals surface area contributed by atoms with Gasteiger partial charge in [-0.2, -0.15) is 4.31 Å². The van der Waals surface area contributed by atoms with E-state index in [-0.39, 0.29) is 5.75 Å².